The predicted molar refractivity (Wildman–Crippen MR) is 110 cm³/mol. The number of piperidine rings is 1. The van der Waals surface area contributed by atoms with E-state index in [1.807, 2.05) is 30.3 Å². The third kappa shape index (κ3) is 4.62. The van der Waals surface area contributed by atoms with E-state index in [0.29, 0.717) is 37.0 Å². The second-order valence-corrected chi connectivity index (χ2v) is 9.88. The molecule has 0 aliphatic carbocycles. The van der Waals surface area contributed by atoms with Crippen molar-refractivity contribution < 1.29 is 13.2 Å². The van der Waals surface area contributed by atoms with Crippen LogP contribution in [0.15, 0.2) is 59.5 Å². The van der Waals surface area contributed by atoms with Gasteiger partial charge in [-0.3, -0.25) is 4.79 Å². The van der Waals surface area contributed by atoms with Crippen molar-refractivity contribution in [1.29, 1.82) is 0 Å². The van der Waals surface area contributed by atoms with Crippen molar-refractivity contribution in [2.24, 2.45) is 11.8 Å². The maximum atomic E-state index is 13.0. The monoisotopic (exact) mass is 400 g/mol. The average Bonchev–Trinajstić information content (AvgIpc) is 2.67. The van der Waals surface area contributed by atoms with Crippen molar-refractivity contribution in [3.05, 3.63) is 65.7 Å². The number of nitrogens with zero attached hydrogens (tertiary/aromatic N) is 2. The summed E-state index contributed by atoms with van der Waals surface area (Å²) in [6.07, 6.45) is 1.05. The minimum absolute atomic E-state index is 0.131. The number of amides is 1. The van der Waals surface area contributed by atoms with E-state index >= 15 is 0 Å². The smallest absolute Gasteiger partial charge is 0.253 e. The fourth-order valence-electron chi connectivity index (χ4n) is 3.87. The minimum atomic E-state index is -3.53. The van der Waals surface area contributed by atoms with Crippen molar-refractivity contribution in [3.63, 3.8) is 0 Å². The van der Waals surface area contributed by atoms with Gasteiger partial charge in [0.1, 0.15) is 0 Å². The second kappa shape index (κ2) is 8.45. The van der Waals surface area contributed by atoms with Gasteiger partial charge in [-0.2, -0.15) is 4.31 Å². The molecule has 1 aliphatic rings. The Morgan fingerprint density at radius 2 is 1.57 bits per heavy atom. The van der Waals surface area contributed by atoms with Gasteiger partial charge in [-0.25, -0.2) is 8.42 Å². The van der Waals surface area contributed by atoms with Gasteiger partial charge < -0.3 is 4.90 Å². The molecule has 6 heteroatoms. The largest absolute Gasteiger partial charge is 0.337 e. The Balaban J connectivity index is 1.72. The molecule has 2 unspecified atom stereocenters. The molecule has 150 valence electrons. The molecule has 28 heavy (non-hydrogen) atoms. The number of carbonyl (C=O) groups is 1. The van der Waals surface area contributed by atoms with E-state index < -0.39 is 10.0 Å². The summed E-state index contributed by atoms with van der Waals surface area (Å²) in [5, 5.41) is 0. The van der Waals surface area contributed by atoms with E-state index in [2.05, 4.69) is 13.8 Å². The van der Waals surface area contributed by atoms with E-state index in [9.17, 15) is 13.2 Å². The van der Waals surface area contributed by atoms with Crippen LogP contribution in [0, 0.1) is 11.8 Å². The molecular weight excluding hydrogens is 372 g/mol. The number of sulfonamides is 1. The van der Waals surface area contributed by atoms with Gasteiger partial charge in [-0.05, 0) is 48.1 Å². The normalized spacial score (nSPS) is 20.7. The van der Waals surface area contributed by atoms with Crippen LogP contribution in [-0.4, -0.2) is 43.7 Å². The van der Waals surface area contributed by atoms with E-state index in [-0.39, 0.29) is 10.8 Å². The Kier molecular flexibility index (Phi) is 6.20. The van der Waals surface area contributed by atoms with Crippen LogP contribution in [0.25, 0.3) is 0 Å². The standard InChI is InChI=1S/C22H28N2O3S/c1-17-13-18(2)15-24(14-17)28(26,27)21-11-9-20(10-12-21)22(25)23(3)16-19-7-5-4-6-8-19/h4-12,17-18H,13-16H2,1-3H3. The van der Waals surface area contributed by atoms with E-state index in [1.54, 1.807) is 40.5 Å². The highest BCUT2D eigenvalue weighted by Gasteiger charge is 2.31. The molecule has 0 spiro atoms. The molecule has 2 atom stereocenters. The zero-order valence-electron chi connectivity index (χ0n) is 16.7. The van der Waals surface area contributed by atoms with Crippen LogP contribution >= 0.6 is 0 Å². The topological polar surface area (TPSA) is 57.7 Å². The predicted octanol–water partition coefficient (Wildman–Crippen LogP) is 3.63. The van der Waals surface area contributed by atoms with Gasteiger partial charge >= 0.3 is 0 Å². The van der Waals surface area contributed by atoms with Gasteiger partial charge in [0.25, 0.3) is 5.91 Å². The van der Waals surface area contributed by atoms with Crippen LogP contribution in [0.1, 0.15) is 36.2 Å². The first-order valence-corrected chi connectivity index (χ1v) is 11.1. The lowest BCUT2D eigenvalue weighted by atomic mass is 9.94. The van der Waals surface area contributed by atoms with E-state index in [0.717, 1.165) is 12.0 Å². The van der Waals surface area contributed by atoms with Gasteiger partial charge in [0.05, 0.1) is 4.90 Å². The molecule has 1 amide bonds. The number of rotatable bonds is 5. The van der Waals surface area contributed by atoms with Gasteiger partial charge in [0.15, 0.2) is 0 Å². The highest BCUT2D eigenvalue weighted by molar-refractivity contribution is 7.89. The van der Waals surface area contributed by atoms with Gasteiger partial charge in [0, 0.05) is 32.2 Å². The molecule has 5 nitrogen and oxygen atoms in total. The number of benzene rings is 2. The Morgan fingerprint density at radius 3 is 2.14 bits per heavy atom. The highest BCUT2D eigenvalue weighted by Crippen LogP contribution is 2.26. The molecular formula is C22H28N2O3S. The molecule has 2 aromatic carbocycles. The summed E-state index contributed by atoms with van der Waals surface area (Å²) in [5.74, 6) is 0.574. The van der Waals surface area contributed by atoms with Crippen molar-refractivity contribution in [1.82, 2.24) is 9.21 Å². The van der Waals surface area contributed by atoms with Crippen LogP contribution in [0.4, 0.5) is 0 Å². The molecule has 1 heterocycles. The Labute approximate surface area is 168 Å². The van der Waals surface area contributed by atoms with Crippen LogP contribution in [-0.2, 0) is 16.6 Å². The highest BCUT2D eigenvalue weighted by atomic mass is 32.2. The third-order valence-corrected chi connectivity index (χ3v) is 7.03. The van der Waals surface area contributed by atoms with Gasteiger partial charge in [-0.1, -0.05) is 44.2 Å². The van der Waals surface area contributed by atoms with E-state index in [1.165, 1.54) is 0 Å². The molecule has 1 saturated heterocycles. The molecule has 2 aromatic rings. The summed E-state index contributed by atoms with van der Waals surface area (Å²) in [7, 11) is -1.78. The van der Waals surface area contributed by atoms with Crippen molar-refractivity contribution >= 4 is 15.9 Å². The second-order valence-electron chi connectivity index (χ2n) is 7.94. The van der Waals surface area contributed by atoms with Gasteiger partial charge in [-0.15, -0.1) is 0 Å². The Bertz CT molecular complexity index is 901. The summed E-state index contributed by atoms with van der Waals surface area (Å²) in [4.78, 5) is 14.5. The molecule has 0 aromatic heterocycles. The third-order valence-electron chi connectivity index (χ3n) is 5.18. The van der Waals surface area contributed by atoms with Crippen LogP contribution in [0.2, 0.25) is 0 Å². The summed E-state index contributed by atoms with van der Waals surface area (Å²) >= 11 is 0. The molecule has 1 aliphatic heterocycles. The first-order chi connectivity index (χ1) is 13.3. The first-order valence-electron chi connectivity index (χ1n) is 9.67. The zero-order valence-corrected chi connectivity index (χ0v) is 17.5. The van der Waals surface area contributed by atoms with Crippen molar-refractivity contribution in [2.45, 2.75) is 31.7 Å². The lowest BCUT2D eigenvalue weighted by Crippen LogP contribution is -2.42. The van der Waals surface area contributed by atoms with Crippen molar-refractivity contribution in [3.8, 4) is 0 Å². The summed E-state index contributed by atoms with van der Waals surface area (Å²) in [6, 6.07) is 16.1. The lowest BCUT2D eigenvalue weighted by molar-refractivity contribution is 0.0785. The SMILES string of the molecule is CC1CC(C)CN(S(=O)(=O)c2ccc(C(=O)N(C)Cc3ccccc3)cc2)C1. The summed E-state index contributed by atoms with van der Waals surface area (Å²) in [5.41, 5.74) is 1.53. The maximum Gasteiger partial charge on any atom is 0.253 e. The van der Waals surface area contributed by atoms with Crippen LogP contribution in [0.5, 0.6) is 0 Å². The Hall–Kier alpha value is -2.18. The number of hydrogen-bond donors (Lipinski definition) is 0. The maximum absolute atomic E-state index is 13.0. The quantitative estimate of drug-likeness (QED) is 0.770. The molecule has 0 radical (unpaired) electrons. The minimum Gasteiger partial charge on any atom is -0.337 e. The summed E-state index contributed by atoms with van der Waals surface area (Å²) < 4.78 is 27.5. The molecule has 0 bridgehead atoms. The number of hydrogen-bond acceptors (Lipinski definition) is 3. The van der Waals surface area contributed by atoms with Crippen molar-refractivity contribution in [2.75, 3.05) is 20.1 Å². The first kappa shape index (κ1) is 20.6. The molecule has 0 N–H and O–H groups in total. The van der Waals surface area contributed by atoms with Crippen LogP contribution in [0.3, 0.4) is 0 Å². The molecule has 1 fully saturated rings. The number of carbonyl (C=O) groups excluding carboxylic acids is 1. The Morgan fingerprint density at radius 1 is 1.00 bits per heavy atom. The molecule has 0 saturated carbocycles. The van der Waals surface area contributed by atoms with Crippen LogP contribution < -0.4 is 0 Å². The average molecular weight is 401 g/mol. The lowest BCUT2D eigenvalue weighted by Gasteiger charge is -2.34. The fraction of sp³-hybridized carbons (Fsp3) is 0.409. The zero-order chi connectivity index (χ0) is 20.3. The van der Waals surface area contributed by atoms with Gasteiger partial charge in [0.2, 0.25) is 10.0 Å². The fourth-order valence-corrected chi connectivity index (χ4v) is 5.55. The molecule has 3 rings (SSSR count). The van der Waals surface area contributed by atoms with E-state index in [4.69, 9.17) is 0 Å². The summed E-state index contributed by atoms with van der Waals surface area (Å²) in [6.45, 7) is 5.77.